The van der Waals surface area contributed by atoms with Gasteiger partial charge in [-0.15, -0.1) is 11.8 Å². The molecule has 1 aliphatic heterocycles. The van der Waals surface area contributed by atoms with Gasteiger partial charge >= 0.3 is 0 Å². The third-order valence-electron chi connectivity index (χ3n) is 6.53. The molecule has 1 N–H and O–H groups in total. The number of fused-ring (bicyclic) bond motifs is 1. The summed E-state index contributed by atoms with van der Waals surface area (Å²) in [4.78, 5) is 28.1. The summed E-state index contributed by atoms with van der Waals surface area (Å²) in [5.74, 6) is 0.783. The van der Waals surface area contributed by atoms with E-state index in [0.29, 0.717) is 11.6 Å². The number of amides is 2. The second-order valence-corrected chi connectivity index (χ2v) is 11.6. The summed E-state index contributed by atoms with van der Waals surface area (Å²) < 4.78 is 20.9. The molecule has 2 aliphatic rings. The zero-order valence-corrected chi connectivity index (χ0v) is 22.3. The van der Waals surface area contributed by atoms with Gasteiger partial charge in [-0.2, -0.15) is 5.10 Å². The molecule has 2 amide bonds. The molecule has 5 rings (SSSR count). The number of anilines is 1. The molecule has 1 atom stereocenters. The van der Waals surface area contributed by atoms with Crippen molar-refractivity contribution in [3.63, 3.8) is 0 Å². The molecule has 9 heteroatoms. The quantitative estimate of drug-likeness (QED) is 0.505. The van der Waals surface area contributed by atoms with E-state index in [1.54, 1.807) is 28.8 Å². The number of carbonyl (C=O) groups excluding carboxylic acids is 2. The van der Waals surface area contributed by atoms with Gasteiger partial charge in [0.1, 0.15) is 23.9 Å². The Bertz CT molecular complexity index is 1310. The third-order valence-corrected chi connectivity index (χ3v) is 7.79. The standard InChI is InChI=1S/C28H31FN4O3S/c1-28(2,3)26-24-25(17-5-7-18(29)8-6-17)37-16-23(35)32(15-22(34)30-19-9-10-19)27(24)33(31-26)20-11-13-21(36-4)14-12-20/h5-8,11-14,19,25H,9-10,15-16H2,1-4H3,(H,30,34)/t25-/m1/s1. The minimum Gasteiger partial charge on any atom is -0.497 e. The van der Waals surface area contributed by atoms with E-state index in [1.165, 1.54) is 23.9 Å². The van der Waals surface area contributed by atoms with E-state index in [9.17, 15) is 14.0 Å². The average molecular weight is 523 g/mol. The van der Waals surface area contributed by atoms with Crippen molar-refractivity contribution in [2.45, 2.75) is 50.3 Å². The van der Waals surface area contributed by atoms with Gasteiger partial charge in [0.15, 0.2) is 0 Å². The van der Waals surface area contributed by atoms with E-state index in [-0.39, 0.29) is 46.6 Å². The second kappa shape index (κ2) is 9.85. The first-order valence-electron chi connectivity index (χ1n) is 12.4. The van der Waals surface area contributed by atoms with Gasteiger partial charge in [-0.25, -0.2) is 9.07 Å². The molecule has 0 bridgehead atoms. The molecule has 1 fully saturated rings. The Morgan fingerprint density at radius 3 is 2.41 bits per heavy atom. The number of aromatic nitrogens is 2. The fourth-order valence-electron chi connectivity index (χ4n) is 4.52. The summed E-state index contributed by atoms with van der Waals surface area (Å²) in [6, 6.07) is 14.0. The Morgan fingerprint density at radius 1 is 1.14 bits per heavy atom. The molecule has 37 heavy (non-hydrogen) atoms. The number of thioether (sulfide) groups is 1. The number of ether oxygens (including phenoxy) is 1. The maximum Gasteiger partial charge on any atom is 0.240 e. The van der Waals surface area contributed by atoms with Crippen LogP contribution in [0.2, 0.25) is 0 Å². The van der Waals surface area contributed by atoms with Crippen LogP contribution in [0, 0.1) is 5.82 Å². The number of nitrogens with zero attached hydrogens (tertiary/aromatic N) is 3. The van der Waals surface area contributed by atoms with Crippen molar-refractivity contribution in [2.75, 3.05) is 24.3 Å². The molecule has 0 unspecified atom stereocenters. The van der Waals surface area contributed by atoms with Crippen LogP contribution in [0.5, 0.6) is 5.75 Å². The number of hydrogen-bond acceptors (Lipinski definition) is 5. The van der Waals surface area contributed by atoms with Crippen molar-refractivity contribution in [3.8, 4) is 11.4 Å². The highest BCUT2D eigenvalue weighted by atomic mass is 32.2. The SMILES string of the molecule is COc1ccc(-n2nc(C(C)(C)C)c3c2N(CC(=O)NC2CC2)C(=O)CS[C@@H]3c2ccc(F)cc2)cc1. The number of benzene rings is 2. The minimum atomic E-state index is -0.365. The maximum atomic E-state index is 13.8. The van der Waals surface area contributed by atoms with Crippen LogP contribution in [0.3, 0.4) is 0 Å². The molecule has 0 saturated heterocycles. The Hall–Kier alpha value is -3.33. The van der Waals surface area contributed by atoms with Crippen LogP contribution >= 0.6 is 11.8 Å². The normalized spacial score (nSPS) is 17.8. The molecule has 2 heterocycles. The lowest BCUT2D eigenvalue weighted by molar-refractivity contribution is -0.123. The Kier molecular flexibility index (Phi) is 6.74. The lowest BCUT2D eigenvalue weighted by atomic mass is 9.87. The third kappa shape index (κ3) is 5.23. The van der Waals surface area contributed by atoms with Crippen LogP contribution in [0.1, 0.15) is 55.7 Å². The van der Waals surface area contributed by atoms with Gasteiger partial charge in [0.05, 0.1) is 29.5 Å². The highest BCUT2D eigenvalue weighted by Gasteiger charge is 2.40. The molecule has 0 radical (unpaired) electrons. The molecule has 194 valence electrons. The summed E-state index contributed by atoms with van der Waals surface area (Å²) in [5, 5.41) is 7.79. The van der Waals surface area contributed by atoms with Crippen molar-refractivity contribution in [2.24, 2.45) is 0 Å². The van der Waals surface area contributed by atoms with E-state index in [2.05, 4.69) is 26.1 Å². The first-order valence-corrected chi connectivity index (χ1v) is 13.4. The van der Waals surface area contributed by atoms with Gasteiger partial charge < -0.3 is 10.1 Å². The van der Waals surface area contributed by atoms with Crippen molar-refractivity contribution < 1.29 is 18.7 Å². The molecule has 2 aromatic carbocycles. The molecular formula is C28H31FN4O3S. The smallest absolute Gasteiger partial charge is 0.240 e. The average Bonchev–Trinajstić information content (AvgIpc) is 3.61. The lowest BCUT2D eigenvalue weighted by Crippen LogP contribution is -2.43. The van der Waals surface area contributed by atoms with Crippen LogP contribution in [0.25, 0.3) is 5.69 Å². The van der Waals surface area contributed by atoms with Crippen molar-refractivity contribution in [3.05, 3.63) is 71.2 Å². The molecule has 1 aliphatic carbocycles. The summed E-state index contributed by atoms with van der Waals surface area (Å²) in [7, 11) is 1.61. The van der Waals surface area contributed by atoms with E-state index in [0.717, 1.165) is 35.3 Å². The first kappa shape index (κ1) is 25.3. The number of methoxy groups -OCH3 is 1. The monoisotopic (exact) mass is 522 g/mol. The molecular weight excluding hydrogens is 491 g/mol. The van der Waals surface area contributed by atoms with Gasteiger partial charge in [0.25, 0.3) is 0 Å². The highest BCUT2D eigenvalue weighted by Crippen LogP contribution is 2.48. The van der Waals surface area contributed by atoms with Crippen LogP contribution < -0.4 is 15.0 Å². The van der Waals surface area contributed by atoms with E-state index in [1.807, 2.05) is 24.3 Å². The van der Waals surface area contributed by atoms with Crippen LogP contribution in [-0.2, 0) is 15.0 Å². The van der Waals surface area contributed by atoms with Gasteiger partial charge in [-0.05, 0) is 54.8 Å². The largest absolute Gasteiger partial charge is 0.497 e. The molecule has 7 nitrogen and oxygen atoms in total. The topological polar surface area (TPSA) is 76.5 Å². The van der Waals surface area contributed by atoms with Crippen LogP contribution in [0.15, 0.2) is 48.5 Å². The van der Waals surface area contributed by atoms with E-state index >= 15 is 0 Å². The fraction of sp³-hybridized carbons (Fsp3) is 0.393. The number of nitrogens with one attached hydrogen (secondary N) is 1. The molecule has 0 spiro atoms. The number of halogens is 1. The van der Waals surface area contributed by atoms with Crippen LogP contribution in [0.4, 0.5) is 10.2 Å². The van der Waals surface area contributed by atoms with E-state index < -0.39 is 0 Å². The molecule has 1 saturated carbocycles. The zero-order chi connectivity index (χ0) is 26.3. The molecule has 3 aromatic rings. The van der Waals surface area contributed by atoms with Gasteiger partial charge in [-0.3, -0.25) is 14.5 Å². The Labute approximate surface area is 220 Å². The predicted octanol–water partition coefficient (Wildman–Crippen LogP) is 4.77. The Morgan fingerprint density at radius 2 is 1.81 bits per heavy atom. The highest BCUT2D eigenvalue weighted by molar-refractivity contribution is 8.00. The molecule has 1 aromatic heterocycles. The summed E-state index contributed by atoms with van der Waals surface area (Å²) >= 11 is 1.48. The lowest BCUT2D eigenvalue weighted by Gasteiger charge is -2.24. The zero-order valence-electron chi connectivity index (χ0n) is 21.5. The summed E-state index contributed by atoms with van der Waals surface area (Å²) in [6.07, 6.45) is 1.93. The number of rotatable bonds is 6. The van der Waals surface area contributed by atoms with Gasteiger partial charge in [0.2, 0.25) is 11.8 Å². The Balaban J connectivity index is 1.73. The fourth-order valence-corrected chi connectivity index (χ4v) is 5.72. The minimum absolute atomic E-state index is 0.0928. The van der Waals surface area contributed by atoms with Crippen molar-refractivity contribution in [1.29, 1.82) is 0 Å². The summed E-state index contributed by atoms with van der Waals surface area (Å²) in [6.45, 7) is 6.15. The predicted molar refractivity (Wildman–Crippen MR) is 143 cm³/mol. The first-order chi connectivity index (χ1) is 17.7. The second-order valence-electron chi connectivity index (χ2n) is 10.5. The van der Waals surface area contributed by atoms with Crippen molar-refractivity contribution >= 4 is 29.4 Å². The van der Waals surface area contributed by atoms with Gasteiger partial charge in [0, 0.05) is 17.0 Å². The van der Waals surface area contributed by atoms with E-state index in [4.69, 9.17) is 9.84 Å². The maximum absolute atomic E-state index is 13.8. The van der Waals surface area contributed by atoms with Crippen molar-refractivity contribution in [1.82, 2.24) is 15.1 Å². The van der Waals surface area contributed by atoms with Crippen LogP contribution in [-0.4, -0.2) is 47.0 Å². The number of carbonyl (C=O) groups is 2. The summed E-state index contributed by atoms with van der Waals surface area (Å²) in [5.41, 5.74) is 2.95. The van der Waals surface area contributed by atoms with Gasteiger partial charge in [-0.1, -0.05) is 32.9 Å². The number of hydrogen-bond donors (Lipinski definition) is 1.